The summed E-state index contributed by atoms with van der Waals surface area (Å²) in [6.07, 6.45) is 1.80. The molecule has 0 unspecified atom stereocenters. The largest absolute Gasteiger partial charge is 0.360 e. The second-order valence-electron chi connectivity index (χ2n) is 4.63. The summed E-state index contributed by atoms with van der Waals surface area (Å²) in [6, 6.07) is 7.87. The number of carbonyl (C=O) groups is 1. The van der Waals surface area contributed by atoms with E-state index in [1.807, 2.05) is 43.5 Å². The Morgan fingerprint density at radius 1 is 1.40 bits per heavy atom. The number of nitrogens with zero attached hydrogens (tertiary/aromatic N) is 1. The SMILES string of the molecule is Cc1csc(S[C@@H](C)C(=O)c2c[nH]c3ccccc23)n1. The number of aromatic nitrogens is 2. The van der Waals surface area contributed by atoms with E-state index < -0.39 is 0 Å². The van der Waals surface area contributed by atoms with Crippen LogP contribution in [-0.2, 0) is 0 Å². The van der Waals surface area contributed by atoms with Crippen LogP contribution in [-0.4, -0.2) is 21.0 Å². The van der Waals surface area contributed by atoms with Crippen LogP contribution in [0, 0.1) is 6.92 Å². The van der Waals surface area contributed by atoms with Crippen molar-refractivity contribution in [1.82, 2.24) is 9.97 Å². The van der Waals surface area contributed by atoms with E-state index in [0.29, 0.717) is 0 Å². The monoisotopic (exact) mass is 302 g/mol. The van der Waals surface area contributed by atoms with Crippen molar-refractivity contribution < 1.29 is 4.79 Å². The third-order valence-electron chi connectivity index (χ3n) is 3.10. The standard InChI is InChI=1S/C15H14N2OS2/c1-9-8-19-15(17-9)20-10(2)14(18)12-7-16-13-6-4-3-5-11(12)13/h3-8,10,16H,1-2H3/t10-/m0/s1. The number of carbonyl (C=O) groups excluding carboxylic acids is 1. The van der Waals surface area contributed by atoms with E-state index in [2.05, 4.69) is 9.97 Å². The number of rotatable bonds is 4. The lowest BCUT2D eigenvalue weighted by Gasteiger charge is -2.07. The average molecular weight is 302 g/mol. The number of aromatic amines is 1. The highest BCUT2D eigenvalue weighted by atomic mass is 32.2. The Balaban J connectivity index is 1.84. The summed E-state index contributed by atoms with van der Waals surface area (Å²) in [5.74, 6) is 0.139. The van der Waals surface area contributed by atoms with Crippen molar-refractivity contribution in [1.29, 1.82) is 0 Å². The minimum absolute atomic E-state index is 0.139. The Morgan fingerprint density at radius 2 is 2.20 bits per heavy atom. The molecule has 0 saturated carbocycles. The van der Waals surface area contributed by atoms with Crippen molar-refractivity contribution >= 4 is 39.8 Å². The summed E-state index contributed by atoms with van der Waals surface area (Å²) in [5, 5.41) is 2.85. The van der Waals surface area contributed by atoms with Gasteiger partial charge in [-0.2, -0.15) is 0 Å². The van der Waals surface area contributed by atoms with Crippen molar-refractivity contribution in [3.63, 3.8) is 0 Å². The predicted octanol–water partition coefficient (Wildman–Crippen LogP) is 4.30. The lowest BCUT2D eigenvalue weighted by atomic mass is 10.1. The molecule has 3 aromatic rings. The van der Waals surface area contributed by atoms with Crippen LogP contribution in [0.5, 0.6) is 0 Å². The van der Waals surface area contributed by atoms with Crippen LogP contribution in [0.25, 0.3) is 10.9 Å². The Morgan fingerprint density at radius 3 is 2.95 bits per heavy atom. The number of thiazole rings is 1. The van der Waals surface area contributed by atoms with Crippen LogP contribution in [0.1, 0.15) is 23.0 Å². The van der Waals surface area contributed by atoms with Gasteiger partial charge in [-0.3, -0.25) is 4.79 Å². The summed E-state index contributed by atoms with van der Waals surface area (Å²) in [6.45, 7) is 3.90. The molecule has 0 aliphatic carbocycles. The summed E-state index contributed by atoms with van der Waals surface area (Å²) in [5.41, 5.74) is 2.76. The minimum atomic E-state index is -0.139. The Bertz CT molecular complexity index is 760. The van der Waals surface area contributed by atoms with Crippen molar-refractivity contribution in [2.24, 2.45) is 0 Å². The molecular weight excluding hydrogens is 288 g/mol. The molecule has 2 aromatic heterocycles. The highest BCUT2D eigenvalue weighted by Crippen LogP contribution is 2.30. The normalized spacial score (nSPS) is 12.7. The molecule has 0 fully saturated rings. The lowest BCUT2D eigenvalue weighted by Crippen LogP contribution is -2.12. The number of aryl methyl sites for hydroxylation is 1. The second kappa shape index (κ2) is 5.42. The molecule has 3 rings (SSSR count). The first-order valence-electron chi connectivity index (χ1n) is 6.34. The van der Waals surface area contributed by atoms with Gasteiger partial charge in [-0.15, -0.1) is 11.3 Å². The fourth-order valence-electron chi connectivity index (χ4n) is 2.09. The lowest BCUT2D eigenvalue weighted by molar-refractivity contribution is 0.0995. The number of benzene rings is 1. The third-order valence-corrected chi connectivity index (χ3v) is 5.29. The summed E-state index contributed by atoms with van der Waals surface area (Å²) in [4.78, 5) is 20.1. The van der Waals surface area contributed by atoms with Crippen LogP contribution in [0.15, 0.2) is 40.2 Å². The fraction of sp³-hybridized carbons (Fsp3) is 0.200. The predicted molar refractivity (Wildman–Crippen MR) is 84.8 cm³/mol. The number of H-pyrrole nitrogens is 1. The van der Waals surface area contributed by atoms with Gasteiger partial charge in [0.15, 0.2) is 10.1 Å². The molecule has 102 valence electrons. The first kappa shape index (κ1) is 13.4. The highest BCUT2D eigenvalue weighted by Gasteiger charge is 2.20. The summed E-state index contributed by atoms with van der Waals surface area (Å²) < 4.78 is 0.947. The van der Waals surface area contributed by atoms with Crippen LogP contribution < -0.4 is 0 Å². The second-order valence-corrected chi connectivity index (χ2v) is 7.07. The van der Waals surface area contributed by atoms with Crippen LogP contribution in [0.4, 0.5) is 0 Å². The topological polar surface area (TPSA) is 45.8 Å². The number of thioether (sulfide) groups is 1. The van der Waals surface area contributed by atoms with E-state index in [1.54, 1.807) is 17.5 Å². The van der Waals surface area contributed by atoms with Gasteiger partial charge in [0.1, 0.15) is 0 Å². The molecule has 0 spiro atoms. The maximum absolute atomic E-state index is 12.6. The van der Waals surface area contributed by atoms with Gasteiger partial charge < -0.3 is 4.98 Å². The molecule has 0 amide bonds. The Kier molecular flexibility index (Phi) is 3.63. The zero-order valence-corrected chi connectivity index (χ0v) is 12.8. The molecule has 2 heterocycles. The first-order chi connectivity index (χ1) is 9.65. The van der Waals surface area contributed by atoms with Crippen molar-refractivity contribution in [2.75, 3.05) is 0 Å². The van der Waals surface area contributed by atoms with Crippen molar-refractivity contribution in [3.05, 3.63) is 47.1 Å². The Hall–Kier alpha value is -1.59. The Labute approximate surface area is 125 Å². The molecule has 0 radical (unpaired) electrons. The van der Waals surface area contributed by atoms with E-state index in [1.165, 1.54) is 11.8 Å². The molecule has 0 saturated heterocycles. The number of ketones is 1. The zero-order valence-electron chi connectivity index (χ0n) is 11.2. The smallest absolute Gasteiger partial charge is 0.178 e. The first-order valence-corrected chi connectivity index (χ1v) is 8.10. The molecule has 3 nitrogen and oxygen atoms in total. The number of Topliss-reactive ketones (excluding diaryl/α,β-unsaturated/α-hetero) is 1. The number of nitrogens with one attached hydrogen (secondary N) is 1. The van der Waals surface area contributed by atoms with Gasteiger partial charge in [-0.1, -0.05) is 30.0 Å². The van der Waals surface area contributed by atoms with E-state index in [4.69, 9.17) is 0 Å². The molecular formula is C15H14N2OS2. The van der Waals surface area contributed by atoms with Gasteiger partial charge in [0.2, 0.25) is 0 Å². The van der Waals surface area contributed by atoms with Gasteiger partial charge in [0.25, 0.3) is 0 Å². The molecule has 1 aromatic carbocycles. The minimum Gasteiger partial charge on any atom is -0.360 e. The molecule has 0 aliphatic rings. The number of para-hydroxylation sites is 1. The number of fused-ring (bicyclic) bond motifs is 1. The fourth-order valence-corrected chi connectivity index (χ4v) is 4.14. The van der Waals surface area contributed by atoms with Crippen molar-refractivity contribution in [2.45, 2.75) is 23.4 Å². The quantitative estimate of drug-likeness (QED) is 0.577. The van der Waals surface area contributed by atoms with E-state index in [0.717, 1.165) is 26.5 Å². The molecule has 1 atom stereocenters. The van der Waals surface area contributed by atoms with Gasteiger partial charge in [-0.05, 0) is 19.9 Å². The van der Waals surface area contributed by atoms with E-state index in [9.17, 15) is 4.79 Å². The number of hydrogen-bond acceptors (Lipinski definition) is 4. The molecule has 0 aliphatic heterocycles. The van der Waals surface area contributed by atoms with Crippen molar-refractivity contribution in [3.8, 4) is 0 Å². The average Bonchev–Trinajstić information content (AvgIpc) is 3.04. The van der Waals surface area contributed by atoms with Crippen LogP contribution in [0.2, 0.25) is 0 Å². The number of hydrogen-bond donors (Lipinski definition) is 1. The van der Waals surface area contributed by atoms with E-state index >= 15 is 0 Å². The molecule has 20 heavy (non-hydrogen) atoms. The maximum atomic E-state index is 12.6. The highest BCUT2D eigenvalue weighted by molar-refractivity contribution is 8.02. The summed E-state index contributed by atoms with van der Waals surface area (Å²) >= 11 is 3.11. The zero-order chi connectivity index (χ0) is 14.1. The van der Waals surface area contributed by atoms with Gasteiger partial charge >= 0.3 is 0 Å². The van der Waals surface area contributed by atoms with Gasteiger partial charge in [-0.25, -0.2) is 4.98 Å². The summed E-state index contributed by atoms with van der Waals surface area (Å²) in [7, 11) is 0. The van der Waals surface area contributed by atoms with Crippen LogP contribution >= 0.6 is 23.1 Å². The molecule has 0 bridgehead atoms. The van der Waals surface area contributed by atoms with Gasteiger partial charge in [0.05, 0.1) is 5.25 Å². The van der Waals surface area contributed by atoms with Crippen LogP contribution in [0.3, 0.4) is 0 Å². The van der Waals surface area contributed by atoms with E-state index in [-0.39, 0.29) is 11.0 Å². The third kappa shape index (κ3) is 2.51. The molecule has 5 heteroatoms. The maximum Gasteiger partial charge on any atom is 0.178 e. The van der Waals surface area contributed by atoms with Gasteiger partial charge in [0, 0.05) is 33.7 Å². The molecule has 1 N–H and O–H groups in total.